The number of imidazole rings is 1. The predicted molar refractivity (Wildman–Crippen MR) is 101 cm³/mol. The van der Waals surface area contributed by atoms with E-state index in [1.54, 1.807) is 12.3 Å². The quantitative estimate of drug-likeness (QED) is 0.589. The van der Waals surface area contributed by atoms with Crippen molar-refractivity contribution in [2.75, 3.05) is 43.1 Å². The molecule has 0 saturated heterocycles. The van der Waals surface area contributed by atoms with Gasteiger partial charge in [0.25, 0.3) is 0 Å². The van der Waals surface area contributed by atoms with Crippen LogP contribution in [-0.4, -0.2) is 51.9 Å². The first-order valence-corrected chi connectivity index (χ1v) is 12.1. The minimum atomic E-state index is -1.52. The maximum Gasteiger partial charge on any atom is 0.144 e. The zero-order chi connectivity index (χ0) is 16.4. The van der Waals surface area contributed by atoms with Crippen LogP contribution in [0.4, 0.5) is 5.82 Å². The normalized spacial score (nSPS) is 13.8. The molecule has 0 saturated carbocycles. The molecule has 2 aromatic rings. The van der Waals surface area contributed by atoms with Gasteiger partial charge in [0.1, 0.15) is 23.0 Å². The fourth-order valence-electron chi connectivity index (χ4n) is 1.84. The van der Waals surface area contributed by atoms with E-state index in [2.05, 4.69) is 50.9 Å². The minimum absolute atomic E-state index is 0.477. The summed E-state index contributed by atoms with van der Waals surface area (Å²) in [6.07, 6.45) is 13.1. The zero-order valence-electron chi connectivity index (χ0n) is 13.6. The van der Waals surface area contributed by atoms with Gasteiger partial charge in [0.2, 0.25) is 0 Å². The summed E-state index contributed by atoms with van der Waals surface area (Å²) in [4.78, 5) is 8.60. The highest BCUT2D eigenvalue weighted by Gasteiger charge is 2.18. The molecule has 0 spiro atoms. The minimum Gasteiger partial charge on any atom is -0.384 e. The van der Waals surface area contributed by atoms with Crippen LogP contribution >= 0.6 is 25.1 Å². The van der Waals surface area contributed by atoms with E-state index >= 15 is 0 Å². The van der Waals surface area contributed by atoms with Crippen LogP contribution in [0.5, 0.6) is 0 Å². The Morgan fingerprint density at radius 3 is 2.59 bits per heavy atom. The van der Waals surface area contributed by atoms with Crippen molar-refractivity contribution >= 4 is 30.9 Å². The molecule has 0 aliphatic carbocycles. The van der Waals surface area contributed by atoms with E-state index in [0.29, 0.717) is 12.5 Å². The molecule has 0 bridgehead atoms. The molecule has 0 aliphatic rings. The Hall–Kier alpha value is -1.05. The molecule has 0 fully saturated rings. The molecule has 0 aromatic carbocycles. The van der Waals surface area contributed by atoms with E-state index < -0.39 is 9.16 Å². The van der Waals surface area contributed by atoms with Crippen molar-refractivity contribution in [1.82, 2.24) is 14.5 Å². The van der Waals surface area contributed by atoms with Crippen molar-refractivity contribution in [2.45, 2.75) is 6.73 Å². The molecule has 2 rings (SSSR count). The van der Waals surface area contributed by atoms with E-state index in [-0.39, 0.29) is 0 Å². The molecular formula is C15H25BrN4OS. The molecule has 2 heterocycles. The van der Waals surface area contributed by atoms with Crippen LogP contribution in [0.25, 0.3) is 11.4 Å². The van der Waals surface area contributed by atoms with Gasteiger partial charge in [-0.15, -0.1) is 0 Å². The van der Waals surface area contributed by atoms with Crippen molar-refractivity contribution in [3.05, 3.63) is 29.1 Å². The van der Waals surface area contributed by atoms with E-state index in [1.165, 1.54) is 0 Å². The molecule has 0 atom stereocenters. The number of aromatic nitrogens is 3. The first-order chi connectivity index (χ1) is 10.1. The highest BCUT2D eigenvalue weighted by molar-refractivity contribution is 9.10. The van der Waals surface area contributed by atoms with Gasteiger partial charge in [-0.05, 0) is 58.8 Å². The third-order valence-corrected chi connectivity index (χ3v) is 5.51. The number of nitrogens with two attached hydrogens (primary N) is 1. The number of hydrogen-bond acceptors (Lipinski definition) is 4. The topological polar surface area (TPSA) is 66.0 Å². The number of nitrogen functional groups attached to an aromatic ring is 1. The molecule has 0 aliphatic heterocycles. The zero-order valence-corrected chi connectivity index (χ0v) is 16.1. The molecule has 7 heteroatoms. The second-order valence-corrected chi connectivity index (χ2v) is 16.7. The Bertz CT molecular complexity index is 637. The number of ether oxygens (including phenoxy) is 1. The molecule has 2 N–H and O–H groups in total. The number of halogens is 1. The summed E-state index contributed by atoms with van der Waals surface area (Å²) >= 11 is 3.42. The van der Waals surface area contributed by atoms with Gasteiger partial charge in [0, 0.05) is 18.0 Å². The van der Waals surface area contributed by atoms with E-state index in [9.17, 15) is 0 Å². The summed E-state index contributed by atoms with van der Waals surface area (Å²) in [7, 11) is -1.52. The summed E-state index contributed by atoms with van der Waals surface area (Å²) in [5, 5.41) is 0. The third kappa shape index (κ3) is 5.30. The summed E-state index contributed by atoms with van der Waals surface area (Å²) in [6.45, 7) is 1.23. The Morgan fingerprint density at radius 2 is 2.00 bits per heavy atom. The van der Waals surface area contributed by atoms with E-state index in [4.69, 9.17) is 10.5 Å². The lowest BCUT2D eigenvalue weighted by molar-refractivity contribution is 0.0905. The number of anilines is 1. The van der Waals surface area contributed by atoms with E-state index in [0.717, 1.165) is 28.4 Å². The molecule has 0 amide bonds. The second-order valence-electron chi connectivity index (χ2n) is 7.54. The number of rotatable bonds is 6. The van der Waals surface area contributed by atoms with Crippen molar-refractivity contribution in [3.63, 3.8) is 0 Å². The lowest BCUT2D eigenvalue weighted by atomic mass is 10.2. The van der Waals surface area contributed by atoms with Gasteiger partial charge in [0.05, 0.1) is 6.61 Å². The predicted octanol–water partition coefficient (Wildman–Crippen LogP) is 2.86. The van der Waals surface area contributed by atoms with Crippen LogP contribution in [0.1, 0.15) is 0 Å². The van der Waals surface area contributed by atoms with Crippen molar-refractivity contribution in [2.24, 2.45) is 0 Å². The average Bonchev–Trinajstić information content (AvgIpc) is 2.75. The summed E-state index contributed by atoms with van der Waals surface area (Å²) in [6, 6.07) is 3.69. The number of hydrogen-bond donors (Lipinski definition) is 2. The molecule has 5 nitrogen and oxygen atoms in total. The maximum atomic E-state index is 5.85. The van der Waals surface area contributed by atoms with Gasteiger partial charge < -0.3 is 15.0 Å². The first kappa shape index (κ1) is 17.3. The number of pyridine rings is 1. The van der Waals surface area contributed by atoms with Gasteiger partial charge in [-0.1, -0.05) is 0 Å². The number of thiol groups is 1. The molecular weight excluding hydrogens is 364 g/mol. The van der Waals surface area contributed by atoms with Crippen LogP contribution in [0.15, 0.2) is 29.1 Å². The lowest BCUT2D eigenvalue weighted by Crippen LogP contribution is -2.19. The molecule has 22 heavy (non-hydrogen) atoms. The molecule has 0 unspecified atom stereocenters. The van der Waals surface area contributed by atoms with Gasteiger partial charge >= 0.3 is 0 Å². The smallest absolute Gasteiger partial charge is 0.144 e. The maximum absolute atomic E-state index is 5.85. The summed E-state index contributed by atoms with van der Waals surface area (Å²) in [5.41, 5.74) is 6.55. The second kappa shape index (κ2) is 6.22. The lowest BCUT2D eigenvalue weighted by Gasteiger charge is -2.46. The average molecular weight is 389 g/mol. The van der Waals surface area contributed by atoms with Gasteiger partial charge in [0.15, 0.2) is 0 Å². The fraction of sp³-hybridized carbons (Fsp3) is 0.467. The Labute approximate surface area is 140 Å². The first-order valence-electron chi connectivity index (χ1n) is 7.13. The van der Waals surface area contributed by atoms with Gasteiger partial charge in [-0.3, -0.25) is 9.16 Å². The summed E-state index contributed by atoms with van der Waals surface area (Å²) < 4.78 is 8.60. The van der Waals surface area contributed by atoms with E-state index in [1.807, 2.05) is 16.8 Å². The van der Waals surface area contributed by atoms with Crippen molar-refractivity contribution in [3.8, 4) is 11.4 Å². The van der Waals surface area contributed by atoms with Crippen LogP contribution in [0, 0.1) is 0 Å². The van der Waals surface area contributed by atoms with Crippen LogP contribution in [0.3, 0.4) is 0 Å². The molecule has 124 valence electrons. The van der Waals surface area contributed by atoms with Crippen LogP contribution in [-0.2, 0) is 11.5 Å². The highest BCUT2D eigenvalue weighted by Crippen LogP contribution is 2.54. The van der Waals surface area contributed by atoms with Crippen molar-refractivity contribution < 1.29 is 4.74 Å². The Balaban J connectivity index is 2.05. The fourth-order valence-corrected chi connectivity index (χ4v) is 3.12. The van der Waals surface area contributed by atoms with Gasteiger partial charge in [-0.2, -0.15) is 0 Å². The standard InChI is InChI=1S/C15H25BrN4OS/c1-22(2,3,4)8-7-21-11-20-10-13(16)19-15(20)12-5-6-14(17)18-9-12/h5-6,9-10,22H,7-8,11H2,1-4H3,(H2,17,18). The molecule has 0 radical (unpaired) electrons. The molecule has 2 aromatic heterocycles. The van der Waals surface area contributed by atoms with Crippen LogP contribution in [0.2, 0.25) is 0 Å². The SMILES string of the molecule is C[SH](C)(C)(C)CCOCn1cc(Br)nc1-c1ccc(N)nc1. The number of nitrogens with zero attached hydrogens (tertiary/aromatic N) is 3. The Kier molecular flexibility index (Phi) is 4.89. The third-order valence-electron chi connectivity index (χ3n) is 3.15. The Morgan fingerprint density at radius 1 is 1.27 bits per heavy atom. The highest BCUT2D eigenvalue weighted by atomic mass is 79.9. The largest absolute Gasteiger partial charge is 0.384 e. The van der Waals surface area contributed by atoms with Gasteiger partial charge in [-0.25, -0.2) is 9.97 Å². The van der Waals surface area contributed by atoms with Crippen molar-refractivity contribution in [1.29, 1.82) is 0 Å². The monoisotopic (exact) mass is 388 g/mol. The van der Waals surface area contributed by atoms with Crippen LogP contribution < -0.4 is 5.73 Å². The summed E-state index contributed by atoms with van der Waals surface area (Å²) in [5.74, 6) is 2.43.